The molecule has 2 heterocycles. The topological polar surface area (TPSA) is 32.3 Å². The van der Waals surface area contributed by atoms with Crippen LogP contribution in [0.2, 0.25) is 0 Å². The minimum atomic E-state index is -4.53. The third-order valence-electron chi connectivity index (χ3n) is 4.45. The van der Waals surface area contributed by atoms with Crippen molar-refractivity contribution in [2.45, 2.75) is 25.2 Å². The normalized spacial score (nSPS) is 18.3. The Hall–Kier alpha value is -2.29. The van der Waals surface area contributed by atoms with Gasteiger partial charge in [0.2, 0.25) is 5.95 Å². The highest BCUT2D eigenvalue weighted by Crippen LogP contribution is 2.29. The Morgan fingerprint density at radius 2 is 2.00 bits per heavy atom. The van der Waals surface area contributed by atoms with E-state index >= 15 is 0 Å². The summed E-state index contributed by atoms with van der Waals surface area (Å²) < 4.78 is 65.4. The van der Waals surface area contributed by atoms with Crippen molar-refractivity contribution in [2.24, 2.45) is 0 Å². The number of halogens is 5. The summed E-state index contributed by atoms with van der Waals surface area (Å²) in [6.07, 6.45) is -2.79. The highest BCUT2D eigenvalue weighted by Gasteiger charge is 2.34. The molecule has 0 radical (unpaired) electrons. The molecule has 1 aliphatic rings. The van der Waals surface area contributed by atoms with Crippen LogP contribution in [0.15, 0.2) is 30.5 Å². The van der Waals surface area contributed by atoms with Crippen molar-refractivity contribution in [2.75, 3.05) is 25.0 Å². The lowest BCUT2D eigenvalue weighted by Gasteiger charge is -2.25. The summed E-state index contributed by atoms with van der Waals surface area (Å²) in [7, 11) is 1.63. The summed E-state index contributed by atoms with van der Waals surface area (Å²) in [4.78, 5) is 11.0. The second-order valence-electron chi connectivity index (χ2n) is 6.26. The van der Waals surface area contributed by atoms with Gasteiger partial charge >= 0.3 is 6.18 Å². The molecule has 140 valence electrons. The van der Waals surface area contributed by atoms with Gasteiger partial charge in [-0.15, -0.1) is 0 Å². The van der Waals surface area contributed by atoms with Crippen molar-refractivity contribution in [3.8, 4) is 0 Å². The Bertz CT molecular complexity index is 780. The largest absolute Gasteiger partial charge is 0.433 e. The molecule has 0 spiro atoms. The first-order chi connectivity index (χ1) is 12.2. The number of likely N-dealkylation sites (tertiary alicyclic amines) is 1. The van der Waals surface area contributed by atoms with Crippen LogP contribution in [-0.4, -0.2) is 41.0 Å². The molecule has 9 heteroatoms. The highest BCUT2D eigenvalue weighted by atomic mass is 19.4. The molecule has 1 atom stereocenters. The van der Waals surface area contributed by atoms with Crippen LogP contribution >= 0.6 is 0 Å². The lowest BCUT2D eigenvalue weighted by Crippen LogP contribution is -2.36. The van der Waals surface area contributed by atoms with Gasteiger partial charge in [-0.25, -0.2) is 18.7 Å². The molecule has 1 unspecified atom stereocenters. The van der Waals surface area contributed by atoms with Gasteiger partial charge < -0.3 is 4.90 Å². The van der Waals surface area contributed by atoms with E-state index in [1.807, 2.05) is 4.90 Å². The van der Waals surface area contributed by atoms with Crippen molar-refractivity contribution in [3.63, 3.8) is 0 Å². The van der Waals surface area contributed by atoms with Crippen molar-refractivity contribution >= 4 is 5.95 Å². The first-order valence-electron chi connectivity index (χ1n) is 8.03. The number of nitrogens with zero attached hydrogens (tertiary/aromatic N) is 4. The van der Waals surface area contributed by atoms with Crippen molar-refractivity contribution < 1.29 is 22.0 Å². The molecule has 1 aromatic carbocycles. The predicted octanol–water partition coefficient (Wildman–Crippen LogP) is 3.48. The highest BCUT2D eigenvalue weighted by molar-refractivity contribution is 5.32. The van der Waals surface area contributed by atoms with Crippen LogP contribution in [-0.2, 0) is 12.7 Å². The van der Waals surface area contributed by atoms with Crippen LogP contribution in [0.4, 0.5) is 27.9 Å². The minimum absolute atomic E-state index is 0.0105. The monoisotopic (exact) mass is 372 g/mol. The van der Waals surface area contributed by atoms with Gasteiger partial charge in [-0.1, -0.05) is 0 Å². The van der Waals surface area contributed by atoms with Gasteiger partial charge in [-0.2, -0.15) is 13.2 Å². The maximum Gasteiger partial charge on any atom is 0.433 e. The molecule has 1 aliphatic heterocycles. The number of hydrogen-bond donors (Lipinski definition) is 0. The number of benzene rings is 1. The first-order valence-corrected chi connectivity index (χ1v) is 8.03. The van der Waals surface area contributed by atoms with Crippen LogP contribution in [0.1, 0.15) is 17.7 Å². The molecule has 0 amide bonds. The average Bonchev–Trinajstić information content (AvgIpc) is 3.05. The fourth-order valence-corrected chi connectivity index (χ4v) is 3.02. The summed E-state index contributed by atoms with van der Waals surface area (Å²) in [6, 6.07) is 4.01. The quantitative estimate of drug-likeness (QED) is 0.770. The maximum atomic E-state index is 13.8. The molecule has 2 aromatic rings. The van der Waals surface area contributed by atoms with Gasteiger partial charge in [0.1, 0.15) is 17.3 Å². The molecule has 4 nitrogen and oxygen atoms in total. The standard InChI is InChI=1S/C17H17F5N4/c1-25(16-23-6-4-15(24-16)17(20,21)22)13-5-7-26(10-13)9-11-8-12(18)2-3-14(11)19/h2-4,6,8,13H,5,7,9-10H2,1H3. The zero-order valence-electron chi connectivity index (χ0n) is 14.0. The van der Waals surface area contributed by atoms with E-state index in [9.17, 15) is 22.0 Å². The smallest absolute Gasteiger partial charge is 0.340 e. The lowest BCUT2D eigenvalue weighted by atomic mass is 10.2. The van der Waals surface area contributed by atoms with Gasteiger partial charge in [-0.05, 0) is 30.7 Å². The summed E-state index contributed by atoms with van der Waals surface area (Å²) in [5, 5.41) is 0. The summed E-state index contributed by atoms with van der Waals surface area (Å²) in [6.45, 7) is 1.34. The second kappa shape index (κ2) is 7.14. The maximum absolute atomic E-state index is 13.8. The second-order valence-corrected chi connectivity index (χ2v) is 6.26. The van der Waals surface area contributed by atoms with E-state index in [-0.39, 0.29) is 24.1 Å². The number of likely N-dealkylation sites (N-methyl/N-ethyl adjacent to an activating group) is 1. The third kappa shape index (κ3) is 4.09. The Balaban J connectivity index is 1.68. The van der Waals surface area contributed by atoms with Crippen LogP contribution in [0, 0.1) is 11.6 Å². The Morgan fingerprint density at radius 3 is 2.73 bits per heavy atom. The predicted molar refractivity (Wildman–Crippen MR) is 85.5 cm³/mol. The summed E-state index contributed by atoms with van der Waals surface area (Å²) >= 11 is 0. The molecular formula is C17H17F5N4. The molecule has 0 saturated carbocycles. The molecule has 1 saturated heterocycles. The Labute approximate surface area is 147 Å². The first kappa shape index (κ1) is 18.5. The Kier molecular flexibility index (Phi) is 5.08. The van der Waals surface area contributed by atoms with E-state index in [2.05, 4.69) is 9.97 Å². The van der Waals surface area contributed by atoms with E-state index in [1.165, 1.54) is 0 Å². The fraction of sp³-hybridized carbons (Fsp3) is 0.412. The number of rotatable bonds is 4. The van der Waals surface area contributed by atoms with E-state index in [0.717, 1.165) is 30.5 Å². The van der Waals surface area contributed by atoms with Crippen molar-refractivity contribution in [1.82, 2.24) is 14.9 Å². The molecule has 26 heavy (non-hydrogen) atoms. The zero-order valence-corrected chi connectivity index (χ0v) is 14.0. The van der Waals surface area contributed by atoms with Crippen LogP contribution in [0.5, 0.6) is 0 Å². The minimum Gasteiger partial charge on any atom is -0.340 e. The van der Waals surface area contributed by atoms with E-state index < -0.39 is 23.5 Å². The van der Waals surface area contributed by atoms with Crippen LogP contribution < -0.4 is 4.90 Å². The molecule has 0 N–H and O–H groups in total. The van der Waals surface area contributed by atoms with Gasteiger partial charge in [0.25, 0.3) is 0 Å². The van der Waals surface area contributed by atoms with Gasteiger partial charge in [0, 0.05) is 44.5 Å². The fourth-order valence-electron chi connectivity index (χ4n) is 3.02. The van der Waals surface area contributed by atoms with Crippen molar-refractivity contribution in [3.05, 3.63) is 53.4 Å². The van der Waals surface area contributed by atoms with Gasteiger partial charge in [-0.3, -0.25) is 4.90 Å². The summed E-state index contributed by atoms with van der Waals surface area (Å²) in [5.74, 6) is -1.00. The molecule has 1 fully saturated rings. The molecule has 0 bridgehead atoms. The third-order valence-corrected chi connectivity index (χ3v) is 4.45. The van der Waals surface area contributed by atoms with E-state index in [1.54, 1.807) is 11.9 Å². The zero-order chi connectivity index (χ0) is 18.9. The SMILES string of the molecule is CN(c1nccc(C(F)(F)F)n1)C1CCN(Cc2cc(F)ccc2F)C1. The Morgan fingerprint density at radius 1 is 1.23 bits per heavy atom. The van der Waals surface area contributed by atoms with Crippen molar-refractivity contribution in [1.29, 1.82) is 0 Å². The molecule has 0 aliphatic carbocycles. The molecule has 3 rings (SSSR count). The van der Waals surface area contributed by atoms with E-state index in [0.29, 0.717) is 19.5 Å². The molecular weight excluding hydrogens is 355 g/mol. The summed E-state index contributed by atoms with van der Waals surface area (Å²) in [5.41, 5.74) is -0.741. The number of alkyl halides is 3. The van der Waals surface area contributed by atoms with Crippen LogP contribution in [0.25, 0.3) is 0 Å². The molecule has 1 aromatic heterocycles. The number of hydrogen-bond acceptors (Lipinski definition) is 4. The van der Waals surface area contributed by atoms with Crippen LogP contribution in [0.3, 0.4) is 0 Å². The number of anilines is 1. The number of aromatic nitrogens is 2. The van der Waals surface area contributed by atoms with E-state index in [4.69, 9.17) is 0 Å². The van der Waals surface area contributed by atoms with Gasteiger partial charge in [0.15, 0.2) is 0 Å². The lowest BCUT2D eigenvalue weighted by molar-refractivity contribution is -0.141. The average molecular weight is 372 g/mol. The van der Waals surface area contributed by atoms with Gasteiger partial charge in [0.05, 0.1) is 0 Å².